The van der Waals surface area contributed by atoms with Gasteiger partial charge in [0, 0.05) is 36.8 Å². The number of nitrogens with one attached hydrogen (secondary N) is 3. The van der Waals surface area contributed by atoms with Crippen LogP contribution in [0.1, 0.15) is 25.8 Å². The molecule has 9 heteroatoms. The lowest BCUT2D eigenvalue weighted by Gasteiger charge is -2.11. The topological polar surface area (TPSA) is 78.4 Å². The standard InChI is InChI=1S/C17H22FN5OS.HI/c1-11-4-5-13(8-14(11)18)16(24)20-6-7-21-17(19-3)23-10-15-22-9-12(2)25-15;/h4-5,8-9H,6-7,10H2,1-3H3,(H,20,24)(H2,19,21,23);1H. The fourth-order valence-electron chi connectivity index (χ4n) is 2.06. The van der Waals surface area contributed by atoms with Gasteiger partial charge >= 0.3 is 0 Å². The van der Waals surface area contributed by atoms with E-state index in [0.717, 1.165) is 9.88 Å². The van der Waals surface area contributed by atoms with Crippen molar-refractivity contribution in [2.75, 3.05) is 20.1 Å². The van der Waals surface area contributed by atoms with Gasteiger partial charge in [0.1, 0.15) is 10.8 Å². The second kappa shape index (κ2) is 11.1. The number of carbonyl (C=O) groups is 1. The van der Waals surface area contributed by atoms with Crippen molar-refractivity contribution in [2.45, 2.75) is 20.4 Å². The summed E-state index contributed by atoms with van der Waals surface area (Å²) < 4.78 is 13.5. The molecule has 6 nitrogen and oxygen atoms in total. The molecule has 3 N–H and O–H groups in total. The second-order valence-electron chi connectivity index (χ2n) is 5.44. The number of nitrogens with zero attached hydrogens (tertiary/aromatic N) is 2. The number of aryl methyl sites for hydroxylation is 2. The molecule has 0 atom stereocenters. The normalized spacial score (nSPS) is 10.8. The Bertz CT molecular complexity index is 765. The molecular formula is C17H23FIN5OS. The fourth-order valence-corrected chi connectivity index (χ4v) is 2.78. The quantitative estimate of drug-likeness (QED) is 0.251. The van der Waals surface area contributed by atoms with Crippen LogP contribution in [0.2, 0.25) is 0 Å². The molecule has 26 heavy (non-hydrogen) atoms. The van der Waals surface area contributed by atoms with Gasteiger partial charge in [0.2, 0.25) is 0 Å². The summed E-state index contributed by atoms with van der Waals surface area (Å²) in [6.07, 6.45) is 1.83. The molecule has 0 fully saturated rings. The number of hydrogen-bond acceptors (Lipinski definition) is 4. The lowest BCUT2D eigenvalue weighted by Crippen LogP contribution is -2.41. The van der Waals surface area contributed by atoms with E-state index in [4.69, 9.17) is 0 Å². The lowest BCUT2D eigenvalue weighted by molar-refractivity contribution is 0.0954. The summed E-state index contributed by atoms with van der Waals surface area (Å²) in [7, 11) is 1.68. The monoisotopic (exact) mass is 491 g/mol. The number of rotatable bonds is 6. The van der Waals surface area contributed by atoms with E-state index in [1.807, 2.05) is 13.1 Å². The van der Waals surface area contributed by atoms with Crippen molar-refractivity contribution in [2.24, 2.45) is 4.99 Å². The van der Waals surface area contributed by atoms with Gasteiger partial charge in [-0.1, -0.05) is 6.07 Å². The SMILES string of the molecule is CN=C(NCCNC(=O)c1ccc(C)c(F)c1)NCc1ncc(C)s1.I. The van der Waals surface area contributed by atoms with Gasteiger partial charge in [-0.3, -0.25) is 9.79 Å². The molecule has 0 saturated carbocycles. The summed E-state index contributed by atoms with van der Waals surface area (Å²) in [4.78, 5) is 21.5. The summed E-state index contributed by atoms with van der Waals surface area (Å²) in [5.74, 6) is -0.0572. The Hall–Kier alpha value is -1.75. The van der Waals surface area contributed by atoms with E-state index < -0.39 is 0 Å². The number of aromatic nitrogens is 1. The van der Waals surface area contributed by atoms with E-state index in [2.05, 4.69) is 25.9 Å². The first-order valence-electron chi connectivity index (χ1n) is 7.89. The van der Waals surface area contributed by atoms with Crippen LogP contribution in [0.15, 0.2) is 29.4 Å². The van der Waals surface area contributed by atoms with E-state index in [-0.39, 0.29) is 35.7 Å². The van der Waals surface area contributed by atoms with Crippen molar-refractivity contribution in [3.8, 4) is 0 Å². The zero-order valence-electron chi connectivity index (χ0n) is 14.9. The summed E-state index contributed by atoms with van der Waals surface area (Å²) in [6, 6.07) is 4.45. The summed E-state index contributed by atoms with van der Waals surface area (Å²) in [5, 5.41) is 9.98. The molecule has 0 aliphatic heterocycles. The third kappa shape index (κ3) is 6.87. The highest BCUT2D eigenvalue weighted by molar-refractivity contribution is 14.0. The van der Waals surface area contributed by atoms with E-state index in [1.54, 1.807) is 37.4 Å². The predicted octanol–water partition coefficient (Wildman–Crippen LogP) is 2.61. The van der Waals surface area contributed by atoms with E-state index in [0.29, 0.717) is 36.7 Å². The van der Waals surface area contributed by atoms with Crippen LogP contribution in [0, 0.1) is 19.7 Å². The minimum Gasteiger partial charge on any atom is -0.355 e. The number of guanidine groups is 1. The van der Waals surface area contributed by atoms with Crippen molar-refractivity contribution in [1.82, 2.24) is 20.9 Å². The molecule has 0 spiro atoms. The van der Waals surface area contributed by atoms with Crippen LogP contribution in [0.5, 0.6) is 0 Å². The van der Waals surface area contributed by atoms with Gasteiger partial charge in [-0.15, -0.1) is 35.3 Å². The highest BCUT2D eigenvalue weighted by Gasteiger charge is 2.07. The van der Waals surface area contributed by atoms with Gasteiger partial charge < -0.3 is 16.0 Å². The highest BCUT2D eigenvalue weighted by Crippen LogP contribution is 2.10. The third-order valence-electron chi connectivity index (χ3n) is 3.44. The molecule has 1 amide bonds. The Kier molecular flexibility index (Phi) is 9.49. The van der Waals surface area contributed by atoms with E-state index in [9.17, 15) is 9.18 Å². The molecule has 0 saturated heterocycles. The summed E-state index contributed by atoms with van der Waals surface area (Å²) in [5.41, 5.74) is 0.827. The summed E-state index contributed by atoms with van der Waals surface area (Å²) in [6.45, 7) is 5.15. The molecule has 0 bridgehead atoms. The number of thiazole rings is 1. The van der Waals surface area contributed by atoms with Gasteiger partial charge in [0.15, 0.2) is 5.96 Å². The Morgan fingerprint density at radius 1 is 1.23 bits per heavy atom. The molecule has 0 radical (unpaired) electrons. The molecule has 1 aromatic carbocycles. The number of carbonyl (C=O) groups excluding carboxylic acids is 1. The van der Waals surface area contributed by atoms with Gasteiger partial charge in [-0.05, 0) is 31.5 Å². The maximum atomic E-state index is 13.5. The van der Waals surface area contributed by atoms with Gasteiger partial charge in [0.25, 0.3) is 5.91 Å². The Balaban J connectivity index is 0.00000338. The molecule has 2 rings (SSSR count). The van der Waals surface area contributed by atoms with Gasteiger partial charge in [-0.2, -0.15) is 0 Å². The van der Waals surface area contributed by atoms with Crippen LogP contribution in [-0.2, 0) is 6.54 Å². The highest BCUT2D eigenvalue weighted by atomic mass is 127. The van der Waals surface area contributed by atoms with E-state index >= 15 is 0 Å². The van der Waals surface area contributed by atoms with E-state index in [1.165, 1.54) is 6.07 Å². The molecule has 1 aromatic heterocycles. The van der Waals surface area contributed by atoms with Crippen molar-refractivity contribution in [3.63, 3.8) is 0 Å². The fraction of sp³-hybridized carbons (Fsp3) is 0.353. The molecular weight excluding hydrogens is 468 g/mol. The number of aliphatic imine (C=N–C) groups is 1. The van der Waals surface area contributed by atoms with Crippen molar-refractivity contribution >= 4 is 47.2 Å². The molecule has 1 heterocycles. The van der Waals surface area contributed by atoms with Crippen LogP contribution in [-0.4, -0.2) is 37.0 Å². The zero-order valence-corrected chi connectivity index (χ0v) is 18.1. The minimum atomic E-state index is -0.382. The number of hydrogen-bond donors (Lipinski definition) is 3. The maximum absolute atomic E-state index is 13.5. The molecule has 0 unspecified atom stereocenters. The van der Waals surface area contributed by atoms with Gasteiger partial charge in [-0.25, -0.2) is 9.37 Å². The Morgan fingerprint density at radius 2 is 1.96 bits per heavy atom. The first kappa shape index (κ1) is 22.3. The first-order valence-corrected chi connectivity index (χ1v) is 8.71. The molecule has 142 valence electrons. The van der Waals surface area contributed by atoms with Crippen molar-refractivity contribution in [3.05, 3.63) is 51.2 Å². The van der Waals surface area contributed by atoms with Crippen LogP contribution < -0.4 is 16.0 Å². The van der Waals surface area contributed by atoms with Crippen LogP contribution in [0.3, 0.4) is 0 Å². The number of benzene rings is 1. The van der Waals surface area contributed by atoms with Crippen molar-refractivity contribution in [1.29, 1.82) is 0 Å². The first-order chi connectivity index (χ1) is 12.0. The average molecular weight is 491 g/mol. The minimum absolute atomic E-state index is 0. The maximum Gasteiger partial charge on any atom is 0.251 e. The largest absolute Gasteiger partial charge is 0.355 e. The Labute approximate surface area is 173 Å². The van der Waals surface area contributed by atoms with Crippen LogP contribution >= 0.6 is 35.3 Å². The predicted molar refractivity (Wildman–Crippen MR) is 114 cm³/mol. The smallest absolute Gasteiger partial charge is 0.251 e. The van der Waals surface area contributed by atoms with Crippen LogP contribution in [0.25, 0.3) is 0 Å². The molecule has 0 aliphatic carbocycles. The zero-order chi connectivity index (χ0) is 18.2. The average Bonchev–Trinajstić information content (AvgIpc) is 3.01. The Morgan fingerprint density at radius 3 is 2.58 bits per heavy atom. The van der Waals surface area contributed by atoms with Gasteiger partial charge in [0.05, 0.1) is 6.54 Å². The number of halogens is 2. The lowest BCUT2D eigenvalue weighted by atomic mass is 10.1. The second-order valence-corrected chi connectivity index (χ2v) is 6.76. The third-order valence-corrected chi connectivity index (χ3v) is 4.35. The van der Waals surface area contributed by atoms with Crippen molar-refractivity contribution < 1.29 is 9.18 Å². The summed E-state index contributed by atoms with van der Waals surface area (Å²) >= 11 is 1.63. The molecule has 2 aromatic rings. The van der Waals surface area contributed by atoms with Crippen LogP contribution in [0.4, 0.5) is 4.39 Å². The number of amides is 1. The molecule has 0 aliphatic rings.